The van der Waals surface area contributed by atoms with Crippen LogP contribution in [0.3, 0.4) is 0 Å². The van der Waals surface area contributed by atoms with Crippen LogP contribution in [0.5, 0.6) is 0 Å². The fourth-order valence-electron chi connectivity index (χ4n) is 2.23. The van der Waals surface area contributed by atoms with E-state index in [9.17, 15) is 4.79 Å². The normalized spacial score (nSPS) is 19.2. The van der Waals surface area contributed by atoms with Crippen LogP contribution in [0.1, 0.15) is 20.3 Å². The average molecular weight is 242 g/mol. The number of hydrogen-bond donors (Lipinski definition) is 1. The maximum absolute atomic E-state index is 12.0. The van der Waals surface area contributed by atoms with E-state index in [1.54, 1.807) is 4.90 Å². The first-order valence-electron chi connectivity index (χ1n) is 6.58. The third kappa shape index (κ3) is 3.57. The van der Waals surface area contributed by atoms with Crippen LogP contribution in [0.15, 0.2) is 0 Å². The van der Waals surface area contributed by atoms with E-state index in [4.69, 9.17) is 5.73 Å². The van der Waals surface area contributed by atoms with E-state index in [1.807, 2.05) is 18.9 Å². The minimum Gasteiger partial charge on any atom is -0.329 e. The van der Waals surface area contributed by atoms with Crippen LogP contribution >= 0.6 is 0 Å². The second kappa shape index (κ2) is 6.81. The number of hydrogen-bond acceptors (Lipinski definition) is 3. The average Bonchev–Trinajstić information content (AvgIpc) is 2.39. The van der Waals surface area contributed by atoms with Gasteiger partial charge in [-0.15, -0.1) is 0 Å². The Kier molecular flexibility index (Phi) is 5.71. The van der Waals surface area contributed by atoms with E-state index in [2.05, 4.69) is 11.8 Å². The fourth-order valence-corrected chi connectivity index (χ4v) is 2.23. The Hall–Kier alpha value is -0.810. The Morgan fingerprint density at radius 2 is 1.88 bits per heavy atom. The molecule has 2 N–H and O–H groups in total. The molecule has 0 aromatic carbocycles. The highest BCUT2D eigenvalue weighted by atomic mass is 16.2. The van der Waals surface area contributed by atoms with Crippen molar-refractivity contribution in [2.24, 2.45) is 5.73 Å². The summed E-state index contributed by atoms with van der Waals surface area (Å²) in [5.74, 6) is 0. The number of nitrogens with zero attached hydrogens (tertiary/aromatic N) is 3. The zero-order valence-corrected chi connectivity index (χ0v) is 11.4. The minimum atomic E-state index is 0.146. The molecule has 0 saturated carbocycles. The minimum absolute atomic E-state index is 0.146. The molecule has 0 aromatic rings. The number of nitrogens with two attached hydrogens (primary N) is 1. The molecule has 0 radical (unpaired) electrons. The Labute approximate surface area is 105 Å². The lowest BCUT2D eigenvalue weighted by molar-refractivity contribution is 0.0957. The highest BCUT2D eigenvalue weighted by Crippen LogP contribution is 2.09. The molecular weight excluding hydrogens is 216 g/mol. The standard InChI is InChI=1S/C12H26N4O/c1-4-11(10-13)15-6-8-16(9-7-15)12(17)14(3)5-2/h11H,4-10,13H2,1-3H3. The largest absolute Gasteiger partial charge is 0.329 e. The highest BCUT2D eigenvalue weighted by Gasteiger charge is 2.25. The van der Waals surface area contributed by atoms with E-state index in [-0.39, 0.29) is 6.03 Å². The van der Waals surface area contributed by atoms with Gasteiger partial charge in [-0.05, 0) is 13.3 Å². The maximum atomic E-state index is 12.0. The zero-order chi connectivity index (χ0) is 12.8. The van der Waals surface area contributed by atoms with E-state index in [0.717, 1.165) is 39.1 Å². The van der Waals surface area contributed by atoms with Crippen LogP contribution < -0.4 is 5.73 Å². The number of carbonyl (C=O) groups excluding carboxylic acids is 1. The Morgan fingerprint density at radius 3 is 2.29 bits per heavy atom. The molecule has 1 aliphatic heterocycles. The molecule has 1 saturated heterocycles. The van der Waals surface area contributed by atoms with Gasteiger partial charge >= 0.3 is 6.03 Å². The van der Waals surface area contributed by atoms with Gasteiger partial charge in [0, 0.05) is 52.4 Å². The van der Waals surface area contributed by atoms with Crippen molar-refractivity contribution in [2.45, 2.75) is 26.3 Å². The van der Waals surface area contributed by atoms with Crippen molar-refractivity contribution in [2.75, 3.05) is 46.3 Å². The number of piperazine rings is 1. The monoisotopic (exact) mass is 242 g/mol. The van der Waals surface area contributed by atoms with E-state index in [0.29, 0.717) is 12.6 Å². The molecule has 5 nitrogen and oxygen atoms in total. The summed E-state index contributed by atoms with van der Waals surface area (Å²) in [5.41, 5.74) is 5.75. The number of amides is 2. The molecule has 1 atom stereocenters. The Bertz CT molecular complexity index is 235. The molecule has 5 heteroatoms. The first-order valence-corrected chi connectivity index (χ1v) is 6.58. The topological polar surface area (TPSA) is 52.8 Å². The van der Waals surface area contributed by atoms with Crippen LogP contribution in [-0.4, -0.2) is 73.1 Å². The van der Waals surface area contributed by atoms with Crippen LogP contribution in [-0.2, 0) is 0 Å². The van der Waals surface area contributed by atoms with Crippen molar-refractivity contribution < 1.29 is 4.79 Å². The quantitative estimate of drug-likeness (QED) is 0.777. The van der Waals surface area contributed by atoms with Crippen LogP contribution in [0.2, 0.25) is 0 Å². The first kappa shape index (κ1) is 14.3. The second-order valence-electron chi connectivity index (χ2n) is 4.62. The summed E-state index contributed by atoms with van der Waals surface area (Å²) in [7, 11) is 1.85. The van der Waals surface area contributed by atoms with Crippen molar-refractivity contribution in [3.8, 4) is 0 Å². The molecule has 1 unspecified atom stereocenters. The molecule has 1 aliphatic rings. The van der Waals surface area contributed by atoms with E-state index >= 15 is 0 Å². The molecule has 1 heterocycles. The number of urea groups is 1. The van der Waals surface area contributed by atoms with Crippen molar-refractivity contribution in [1.29, 1.82) is 0 Å². The number of rotatable bonds is 4. The molecule has 1 fully saturated rings. The van der Waals surface area contributed by atoms with Gasteiger partial charge < -0.3 is 15.5 Å². The Morgan fingerprint density at radius 1 is 1.29 bits per heavy atom. The Balaban J connectivity index is 2.42. The van der Waals surface area contributed by atoms with Crippen molar-refractivity contribution in [3.63, 3.8) is 0 Å². The van der Waals surface area contributed by atoms with Gasteiger partial charge in [-0.25, -0.2) is 4.79 Å². The van der Waals surface area contributed by atoms with Crippen LogP contribution in [0.4, 0.5) is 4.79 Å². The van der Waals surface area contributed by atoms with Gasteiger partial charge in [0.25, 0.3) is 0 Å². The highest BCUT2D eigenvalue weighted by molar-refractivity contribution is 5.74. The van der Waals surface area contributed by atoms with Gasteiger partial charge in [-0.1, -0.05) is 6.92 Å². The molecule has 100 valence electrons. The lowest BCUT2D eigenvalue weighted by Crippen LogP contribution is -2.55. The van der Waals surface area contributed by atoms with Crippen molar-refractivity contribution >= 4 is 6.03 Å². The third-order valence-corrected chi connectivity index (χ3v) is 3.65. The second-order valence-corrected chi connectivity index (χ2v) is 4.62. The van der Waals surface area contributed by atoms with Gasteiger partial charge in [0.15, 0.2) is 0 Å². The predicted molar refractivity (Wildman–Crippen MR) is 70.0 cm³/mol. The zero-order valence-electron chi connectivity index (χ0n) is 11.4. The predicted octanol–water partition coefficient (Wildman–Crippen LogP) is 0.413. The van der Waals surface area contributed by atoms with Gasteiger partial charge in [0.2, 0.25) is 0 Å². The van der Waals surface area contributed by atoms with Crippen LogP contribution in [0, 0.1) is 0 Å². The summed E-state index contributed by atoms with van der Waals surface area (Å²) >= 11 is 0. The molecule has 0 bridgehead atoms. The third-order valence-electron chi connectivity index (χ3n) is 3.65. The van der Waals surface area contributed by atoms with Crippen molar-refractivity contribution in [1.82, 2.24) is 14.7 Å². The molecule has 17 heavy (non-hydrogen) atoms. The molecule has 0 spiro atoms. The smallest absolute Gasteiger partial charge is 0.319 e. The van der Waals surface area contributed by atoms with Gasteiger partial charge in [-0.3, -0.25) is 4.90 Å². The number of carbonyl (C=O) groups is 1. The van der Waals surface area contributed by atoms with Gasteiger partial charge in [0.1, 0.15) is 0 Å². The summed E-state index contributed by atoms with van der Waals surface area (Å²) in [4.78, 5) is 18.0. The molecule has 0 aromatic heterocycles. The molecule has 0 aliphatic carbocycles. The van der Waals surface area contributed by atoms with E-state index < -0.39 is 0 Å². The van der Waals surface area contributed by atoms with Crippen LogP contribution in [0.25, 0.3) is 0 Å². The maximum Gasteiger partial charge on any atom is 0.319 e. The molecule has 1 rings (SSSR count). The summed E-state index contributed by atoms with van der Waals surface area (Å²) in [6.07, 6.45) is 1.08. The summed E-state index contributed by atoms with van der Waals surface area (Å²) in [6.45, 7) is 9.16. The van der Waals surface area contributed by atoms with E-state index in [1.165, 1.54) is 0 Å². The molecule has 2 amide bonds. The first-order chi connectivity index (χ1) is 8.13. The summed E-state index contributed by atoms with van der Waals surface area (Å²) < 4.78 is 0. The summed E-state index contributed by atoms with van der Waals surface area (Å²) in [5, 5.41) is 0. The fraction of sp³-hybridized carbons (Fsp3) is 0.917. The van der Waals surface area contributed by atoms with Gasteiger partial charge in [-0.2, -0.15) is 0 Å². The SMILES string of the molecule is CCC(CN)N1CCN(C(=O)N(C)CC)CC1. The summed E-state index contributed by atoms with van der Waals surface area (Å²) in [6, 6.07) is 0.615. The van der Waals surface area contributed by atoms with Gasteiger partial charge in [0.05, 0.1) is 0 Å². The lowest BCUT2D eigenvalue weighted by atomic mass is 10.1. The molecular formula is C12H26N4O. The lowest BCUT2D eigenvalue weighted by Gasteiger charge is -2.39. The van der Waals surface area contributed by atoms with Crippen molar-refractivity contribution in [3.05, 3.63) is 0 Å².